The van der Waals surface area contributed by atoms with Gasteiger partial charge in [0.15, 0.2) is 6.61 Å². The first-order valence-corrected chi connectivity index (χ1v) is 7.45. The summed E-state index contributed by atoms with van der Waals surface area (Å²) in [5.74, 6) is -0.597. The first-order chi connectivity index (χ1) is 10.6. The van der Waals surface area contributed by atoms with E-state index in [0.717, 1.165) is 10.2 Å². The van der Waals surface area contributed by atoms with Crippen molar-refractivity contribution in [1.82, 2.24) is 9.97 Å². The number of carbonyl (C=O) groups is 1. The summed E-state index contributed by atoms with van der Waals surface area (Å²) in [6.45, 7) is -0.225. The van der Waals surface area contributed by atoms with E-state index in [4.69, 9.17) is 16.3 Å². The molecule has 0 atom stereocenters. The molecule has 112 valence electrons. The standard InChI is InChI=1S/C14H9ClFN3O2S/c15-10-5-8(1-2-11(10)16)19-12(20)6-21-13-9-3-4-22-14(9)18-7-17-13/h1-5,7H,6H2,(H,19,20). The van der Waals surface area contributed by atoms with Gasteiger partial charge in [0.05, 0.1) is 10.4 Å². The molecule has 0 radical (unpaired) electrons. The molecule has 0 saturated heterocycles. The summed E-state index contributed by atoms with van der Waals surface area (Å²) in [4.78, 5) is 20.7. The number of aromatic nitrogens is 2. The summed E-state index contributed by atoms with van der Waals surface area (Å²) in [6, 6.07) is 5.75. The highest BCUT2D eigenvalue weighted by Crippen LogP contribution is 2.25. The van der Waals surface area contributed by atoms with Crippen LogP contribution in [0, 0.1) is 5.82 Å². The largest absolute Gasteiger partial charge is 0.467 e. The molecule has 0 spiro atoms. The fraction of sp³-hybridized carbons (Fsp3) is 0.0714. The van der Waals surface area contributed by atoms with Crippen LogP contribution in [0.25, 0.3) is 10.2 Å². The SMILES string of the molecule is O=C(COc1ncnc2sccc12)Nc1ccc(F)c(Cl)c1. The number of carbonyl (C=O) groups excluding carboxylic acids is 1. The number of rotatable bonds is 4. The molecule has 8 heteroatoms. The molecule has 0 aliphatic heterocycles. The highest BCUT2D eigenvalue weighted by Gasteiger charge is 2.09. The number of halogens is 2. The van der Waals surface area contributed by atoms with E-state index >= 15 is 0 Å². The van der Waals surface area contributed by atoms with Gasteiger partial charge < -0.3 is 10.1 Å². The smallest absolute Gasteiger partial charge is 0.262 e. The Morgan fingerprint density at radius 1 is 1.36 bits per heavy atom. The van der Waals surface area contributed by atoms with Gasteiger partial charge in [-0.05, 0) is 29.6 Å². The number of nitrogens with zero attached hydrogens (tertiary/aromatic N) is 2. The molecule has 3 aromatic rings. The third-order valence-corrected chi connectivity index (χ3v) is 3.88. The van der Waals surface area contributed by atoms with Crippen LogP contribution in [0.15, 0.2) is 36.0 Å². The van der Waals surface area contributed by atoms with Crippen LogP contribution in [-0.4, -0.2) is 22.5 Å². The molecule has 0 saturated carbocycles. The minimum absolute atomic E-state index is 0.0606. The minimum atomic E-state index is -0.545. The maximum Gasteiger partial charge on any atom is 0.262 e. The van der Waals surface area contributed by atoms with Gasteiger partial charge in [-0.2, -0.15) is 0 Å². The molecular formula is C14H9ClFN3O2S. The molecule has 1 amide bonds. The van der Waals surface area contributed by atoms with Crippen LogP contribution < -0.4 is 10.1 Å². The minimum Gasteiger partial charge on any atom is -0.467 e. The molecule has 0 aliphatic rings. The number of anilines is 1. The van der Waals surface area contributed by atoms with E-state index in [2.05, 4.69) is 15.3 Å². The molecule has 1 aromatic carbocycles. The van der Waals surface area contributed by atoms with E-state index in [1.165, 1.54) is 35.9 Å². The molecule has 0 bridgehead atoms. The lowest BCUT2D eigenvalue weighted by molar-refractivity contribution is -0.118. The Kier molecular flexibility index (Phi) is 4.17. The van der Waals surface area contributed by atoms with Gasteiger partial charge in [0.2, 0.25) is 5.88 Å². The van der Waals surface area contributed by atoms with Crippen molar-refractivity contribution in [3.8, 4) is 5.88 Å². The molecule has 0 aliphatic carbocycles. The van der Waals surface area contributed by atoms with Gasteiger partial charge in [-0.15, -0.1) is 11.3 Å². The van der Waals surface area contributed by atoms with Crippen LogP contribution in [0.1, 0.15) is 0 Å². The average molecular weight is 338 g/mol. The summed E-state index contributed by atoms with van der Waals surface area (Å²) >= 11 is 7.11. The zero-order valence-corrected chi connectivity index (χ0v) is 12.6. The molecule has 0 fully saturated rings. The van der Waals surface area contributed by atoms with Gasteiger partial charge in [-0.3, -0.25) is 4.79 Å². The summed E-state index contributed by atoms with van der Waals surface area (Å²) in [7, 11) is 0. The maximum absolute atomic E-state index is 13.0. The predicted octanol–water partition coefficient (Wildman–Crippen LogP) is 3.50. The van der Waals surface area contributed by atoms with E-state index in [1.807, 2.05) is 11.4 Å². The lowest BCUT2D eigenvalue weighted by Crippen LogP contribution is -2.20. The number of nitrogens with one attached hydrogen (secondary N) is 1. The second-order valence-electron chi connectivity index (χ2n) is 4.28. The van der Waals surface area contributed by atoms with Gasteiger partial charge in [0, 0.05) is 5.69 Å². The molecule has 22 heavy (non-hydrogen) atoms. The third kappa shape index (κ3) is 3.15. The van der Waals surface area contributed by atoms with Gasteiger partial charge >= 0.3 is 0 Å². The second kappa shape index (κ2) is 6.25. The molecule has 1 N–H and O–H groups in total. The first kappa shape index (κ1) is 14.7. The Bertz CT molecular complexity index is 840. The lowest BCUT2D eigenvalue weighted by Gasteiger charge is -2.08. The van der Waals surface area contributed by atoms with Crippen LogP contribution in [-0.2, 0) is 4.79 Å². The zero-order chi connectivity index (χ0) is 15.5. The Morgan fingerprint density at radius 2 is 2.23 bits per heavy atom. The molecule has 2 heterocycles. The van der Waals surface area contributed by atoms with Gasteiger partial charge in [-0.1, -0.05) is 11.6 Å². The lowest BCUT2D eigenvalue weighted by atomic mass is 10.3. The number of hydrogen-bond acceptors (Lipinski definition) is 5. The normalized spacial score (nSPS) is 10.6. The van der Waals surface area contributed by atoms with Crippen LogP contribution in [0.5, 0.6) is 5.88 Å². The summed E-state index contributed by atoms with van der Waals surface area (Å²) < 4.78 is 18.4. The van der Waals surface area contributed by atoms with E-state index < -0.39 is 11.7 Å². The van der Waals surface area contributed by atoms with E-state index in [0.29, 0.717) is 11.6 Å². The van der Waals surface area contributed by atoms with E-state index in [-0.39, 0.29) is 11.6 Å². The summed E-state index contributed by atoms with van der Waals surface area (Å²) in [5.41, 5.74) is 0.392. The Hall–Kier alpha value is -2.25. The van der Waals surface area contributed by atoms with Crippen molar-refractivity contribution in [2.24, 2.45) is 0 Å². The van der Waals surface area contributed by atoms with Crippen molar-refractivity contribution in [2.75, 3.05) is 11.9 Å². The van der Waals surface area contributed by atoms with E-state index in [9.17, 15) is 9.18 Å². The number of thiophene rings is 1. The number of amides is 1. The molecular weight excluding hydrogens is 329 g/mol. The van der Waals surface area contributed by atoms with Crippen molar-refractivity contribution in [3.05, 3.63) is 46.8 Å². The number of hydrogen-bond donors (Lipinski definition) is 1. The quantitative estimate of drug-likeness (QED) is 0.791. The fourth-order valence-electron chi connectivity index (χ4n) is 1.79. The van der Waals surface area contributed by atoms with Crippen molar-refractivity contribution in [2.45, 2.75) is 0 Å². The number of fused-ring (bicyclic) bond motifs is 1. The highest BCUT2D eigenvalue weighted by atomic mass is 35.5. The fourth-order valence-corrected chi connectivity index (χ4v) is 2.69. The average Bonchev–Trinajstić information content (AvgIpc) is 2.98. The summed E-state index contributed by atoms with van der Waals surface area (Å²) in [5, 5.41) is 5.13. The topological polar surface area (TPSA) is 64.1 Å². The second-order valence-corrected chi connectivity index (χ2v) is 5.59. The Labute approximate surface area is 133 Å². The third-order valence-electron chi connectivity index (χ3n) is 2.77. The highest BCUT2D eigenvalue weighted by molar-refractivity contribution is 7.16. The summed E-state index contributed by atoms with van der Waals surface area (Å²) in [6.07, 6.45) is 1.38. The van der Waals surface area contributed by atoms with Crippen LogP contribution in [0.4, 0.5) is 10.1 Å². The Balaban J connectivity index is 1.65. The molecule has 3 rings (SSSR count). The van der Waals surface area contributed by atoms with Crippen molar-refractivity contribution in [1.29, 1.82) is 0 Å². The monoisotopic (exact) mass is 337 g/mol. The number of ether oxygens (including phenoxy) is 1. The van der Waals surface area contributed by atoms with Gasteiger partial charge in [0.25, 0.3) is 5.91 Å². The maximum atomic E-state index is 13.0. The molecule has 5 nitrogen and oxygen atoms in total. The predicted molar refractivity (Wildman–Crippen MR) is 82.9 cm³/mol. The van der Waals surface area contributed by atoms with Crippen molar-refractivity contribution < 1.29 is 13.9 Å². The van der Waals surface area contributed by atoms with Crippen LogP contribution >= 0.6 is 22.9 Å². The van der Waals surface area contributed by atoms with Gasteiger partial charge in [0.1, 0.15) is 17.0 Å². The molecule has 0 unspecified atom stereocenters. The van der Waals surface area contributed by atoms with Crippen molar-refractivity contribution >= 4 is 44.7 Å². The van der Waals surface area contributed by atoms with Gasteiger partial charge in [-0.25, -0.2) is 14.4 Å². The Morgan fingerprint density at radius 3 is 3.05 bits per heavy atom. The first-order valence-electron chi connectivity index (χ1n) is 6.19. The zero-order valence-electron chi connectivity index (χ0n) is 11.0. The van der Waals surface area contributed by atoms with Crippen molar-refractivity contribution in [3.63, 3.8) is 0 Å². The molecule has 2 aromatic heterocycles. The van der Waals surface area contributed by atoms with Crippen LogP contribution in [0.3, 0.4) is 0 Å². The number of benzene rings is 1. The van der Waals surface area contributed by atoms with Crippen LogP contribution in [0.2, 0.25) is 5.02 Å². The van der Waals surface area contributed by atoms with E-state index in [1.54, 1.807) is 0 Å².